The van der Waals surface area contributed by atoms with Gasteiger partial charge < -0.3 is 34.3 Å². The van der Waals surface area contributed by atoms with Gasteiger partial charge in [-0.05, 0) is 11.6 Å². The number of fused-ring (bicyclic) bond motifs is 1. The lowest BCUT2D eigenvalue weighted by atomic mass is 10.0. The third-order valence-corrected chi connectivity index (χ3v) is 6.83. The lowest BCUT2D eigenvalue weighted by Crippen LogP contribution is -2.57. The van der Waals surface area contributed by atoms with Crippen LogP contribution >= 0.6 is 11.8 Å². The highest BCUT2D eigenvalue weighted by Gasteiger charge is 2.44. The average molecular weight is 527 g/mol. The molecule has 4 N–H and O–H groups in total. The summed E-state index contributed by atoms with van der Waals surface area (Å²) in [6.45, 7) is -0.727. The van der Waals surface area contributed by atoms with Crippen LogP contribution in [0.25, 0.3) is 10.9 Å². The fraction of sp³-hybridized carbons (Fsp3) is 0.438. The van der Waals surface area contributed by atoms with Gasteiger partial charge in [-0.25, -0.2) is 8.42 Å². The van der Waals surface area contributed by atoms with Crippen molar-refractivity contribution >= 4 is 48.4 Å². The first-order valence-electron chi connectivity index (χ1n) is 9.05. The molecule has 0 radical (unpaired) electrons. The molecule has 1 aliphatic rings. The van der Waals surface area contributed by atoms with Crippen molar-refractivity contribution in [3.8, 4) is 0 Å². The van der Waals surface area contributed by atoms with Gasteiger partial charge in [0.2, 0.25) is 0 Å². The number of ether oxygens (including phenoxy) is 1. The summed E-state index contributed by atoms with van der Waals surface area (Å²) in [5.74, 6) is 0. The number of aromatic nitrogens is 1. The molecule has 0 bridgehead atoms. The van der Waals surface area contributed by atoms with Gasteiger partial charge in [0.15, 0.2) is 10.3 Å². The number of hydrogen-bond acceptors (Lipinski definition) is 14. The van der Waals surface area contributed by atoms with Gasteiger partial charge >= 0.3 is 0 Å². The number of oxime groups is 1. The van der Waals surface area contributed by atoms with Gasteiger partial charge in [-0.2, -0.15) is 8.42 Å². The predicted molar refractivity (Wildman–Crippen MR) is 110 cm³/mol. The summed E-state index contributed by atoms with van der Waals surface area (Å²) in [7, 11) is -10.2. The Morgan fingerprint density at radius 2 is 1.79 bits per heavy atom. The third kappa shape index (κ3) is 6.01. The first-order valence-corrected chi connectivity index (χ1v) is 12.6. The average Bonchev–Trinajstić information content (AvgIpc) is 3.11. The molecule has 1 aliphatic heterocycles. The molecule has 33 heavy (non-hydrogen) atoms. The summed E-state index contributed by atoms with van der Waals surface area (Å²) in [5, 5.41) is 42.5. The summed E-state index contributed by atoms with van der Waals surface area (Å²) >= 11 is 0.490. The molecule has 0 saturated carbocycles. The lowest BCUT2D eigenvalue weighted by Gasteiger charge is -2.39. The van der Waals surface area contributed by atoms with Crippen LogP contribution in [0.2, 0.25) is 0 Å². The Bertz CT molecular complexity index is 1240. The van der Waals surface area contributed by atoms with E-state index < -0.39 is 63.6 Å². The highest BCUT2D eigenvalue weighted by Crippen LogP contribution is 2.32. The van der Waals surface area contributed by atoms with Crippen LogP contribution in [-0.2, 0) is 36.1 Å². The Hall–Kier alpha value is -1.80. The van der Waals surface area contributed by atoms with Crippen LogP contribution in [0.15, 0.2) is 35.6 Å². The van der Waals surface area contributed by atoms with Crippen LogP contribution in [0.4, 0.5) is 0 Å². The SMILES string of the molecule is O=S(=O)([O-])O/N=C(\Cc1cn(S(=O)(=O)[O-])c2ccccc12)S[C@@H]1O[C@H](CO)[C@@H](O)[C@H](O)[C@H]1O. The van der Waals surface area contributed by atoms with E-state index in [1.165, 1.54) is 18.2 Å². The molecular formula is C16H18N2O12S3-2. The molecule has 0 spiro atoms. The Balaban J connectivity index is 1.98. The topological polar surface area (TPSA) is 231 Å². The van der Waals surface area contributed by atoms with Crippen molar-refractivity contribution in [3.63, 3.8) is 0 Å². The van der Waals surface area contributed by atoms with Crippen molar-refractivity contribution in [1.82, 2.24) is 3.97 Å². The Morgan fingerprint density at radius 1 is 1.12 bits per heavy atom. The number of rotatable bonds is 7. The maximum Gasteiger partial charge on any atom is 0.284 e. The van der Waals surface area contributed by atoms with Crippen LogP contribution < -0.4 is 0 Å². The van der Waals surface area contributed by atoms with E-state index in [1.807, 2.05) is 0 Å². The van der Waals surface area contributed by atoms with Gasteiger partial charge in [0, 0.05) is 18.0 Å². The number of hydrogen-bond donors (Lipinski definition) is 4. The van der Waals surface area contributed by atoms with Crippen LogP contribution in [0.5, 0.6) is 0 Å². The predicted octanol–water partition coefficient (Wildman–Crippen LogP) is -2.18. The smallest absolute Gasteiger partial charge is 0.284 e. The van der Waals surface area contributed by atoms with Gasteiger partial charge in [0.05, 0.1) is 12.1 Å². The second-order valence-corrected chi connectivity index (χ2v) is 10.3. The molecule has 1 saturated heterocycles. The molecule has 1 aromatic heterocycles. The standard InChI is InChI=1S/C16H20N2O12S3/c19-7-11-13(20)14(21)15(22)16(29-11)31-12(17-30-33(26,27)28)5-8-6-18(32(23,24)25)10-4-2-1-3-9(8)10/h1-4,6,11,13-16,19-22H,5,7H2,(H,23,24,25)(H,26,27,28)/p-2/b17-12+/t11-,13-,14+,15-,16+/m1/s1. The van der Waals surface area contributed by atoms with Crippen LogP contribution in [-0.4, -0.2) is 91.8 Å². The molecule has 1 aromatic carbocycles. The van der Waals surface area contributed by atoms with Gasteiger partial charge in [-0.3, -0.25) is 8.26 Å². The van der Waals surface area contributed by atoms with E-state index in [0.29, 0.717) is 15.7 Å². The van der Waals surface area contributed by atoms with E-state index in [-0.39, 0.29) is 21.5 Å². The number of thioether (sulfide) groups is 1. The van der Waals surface area contributed by atoms with E-state index in [0.717, 1.165) is 6.20 Å². The molecule has 0 unspecified atom stereocenters. The van der Waals surface area contributed by atoms with E-state index >= 15 is 0 Å². The molecule has 2 aromatic rings. The summed E-state index contributed by atoms with van der Waals surface area (Å²) in [6.07, 6.45) is -5.82. The normalized spacial score (nSPS) is 27.1. The van der Waals surface area contributed by atoms with E-state index in [1.54, 1.807) is 6.07 Å². The monoisotopic (exact) mass is 526 g/mol. The number of aliphatic hydroxyl groups excluding tert-OH is 4. The van der Waals surface area contributed by atoms with Crippen molar-refractivity contribution in [3.05, 3.63) is 36.0 Å². The fourth-order valence-electron chi connectivity index (χ4n) is 3.19. The van der Waals surface area contributed by atoms with Gasteiger partial charge in [0.1, 0.15) is 34.9 Å². The maximum atomic E-state index is 11.6. The van der Waals surface area contributed by atoms with Crippen LogP contribution in [0.3, 0.4) is 0 Å². The van der Waals surface area contributed by atoms with Crippen molar-refractivity contribution in [2.24, 2.45) is 5.16 Å². The quantitative estimate of drug-likeness (QED) is 0.0989. The number of para-hydroxylation sites is 1. The highest BCUT2D eigenvalue weighted by atomic mass is 32.3. The van der Waals surface area contributed by atoms with E-state index in [4.69, 9.17) is 4.74 Å². The molecule has 17 heteroatoms. The molecule has 5 atom stereocenters. The Morgan fingerprint density at radius 3 is 2.39 bits per heavy atom. The first kappa shape index (κ1) is 25.8. The molecule has 3 rings (SSSR count). The number of aliphatic hydroxyl groups is 4. The molecular weight excluding hydrogens is 508 g/mol. The van der Waals surface area contributed by atoms with Gasteiger partial charge in [-0.1, -0.05) is 35.1 Å². The minimum Gasteiger partial charge on any atom is -0.731 e. The van der Waals surface area contributed by atoms with Gasteiger partial charge in [-0.15, -0.1) is 0 Å². The highest BCUT2D eigenvalue weighted by molar-refractivity contribution is 8.14. The summed E-state index contributed by atoms with van der Waals surface area (Å²) in [4.78, 5) is 0. The maximum absolute atomic E-state index is 11.6. The second kappa shape index (κ2) is 9.82. The molecule has 14 nitrogen and oxygen atoms in total. The largest absolute Gasteiger partial charge is 0.731 e. The summed E-state index contributed by atoms with van der Waals surface area (Å²) < 4.78 is 77.1. The Kier molecular flexibility index (Phi) is 7.68. The van der Waals surface area contributed by atoms with Crippen LogP contribution in [0.1, 0.15) is 5.56 Å². The third-order valence-electron chi connectivity index (χ3n) is 4.67. The van der Waals surface area contributed by atoms with E-state index in [2.05, 4.69) is 9.44 Å². The molecule has 184 valence electrons. The molecule has 0 amide bonds. The van der Waals surface area contributed by atoms with Crippen molar-refractivity contribution in [1.29, 1.82) is 0 Å². The number of benzene rings is 1. The number of nitrogens with zero attached hydrogens (tertiary/aromatic N) is 2. The summed E-state index contributed by atoms with van der Waals surface area (Å²) in [6, 6.07) is 5.87. The zero-order valence-electron chi connectivity index (χ0n) is 16.4. The lowest BCUT2D eigenvalue weighted by molar-refractivity contribution is -0.205. The summed E-state index contributed by atoms with van der Waals surface area (Å²) in [5.41, 5.74) is -1.22. The van der Waals surface area contributed by atoms with Crippen molar-refractivity contribution in [2.75, 3.05) is 6.61 Å². The van der Waals surface area contributed by atoms with Crippen molar-refractivity contribution in [2.45, 2.75) is 36.3 Å². The van der Waals surface area contributed by atoms with Crippen LogP contribution in [0, 0.1) is 0 Å². The molecule has 2 heterocycles. The Labute approximate surface area is 191 Å². The van der Waals surface area contributed by atoms with Crippen molar-refractivity contribution < 1.29 is 55.4 Å². The molecule has 0 aliphatic carbocycles. The van der Waals surface area contributed by atoms with E-state index in [9.17, 15) is 46.4 Å². The van der Waals surface area contributed by atoms with Gasteiger partial charge in [0.25, 0.3) is 10.4 Å². The minimum atomic E-state index is -5.30. The molecule has 1 fully saturated rings. The zero-order chi connectivity index (χ0) is 24.6. The fourth-order valence-corrected chi connectivity index (χ4v) is 5.16. The second-order valence-electron chi connectivity index (χ2n) is 6.88. The zero-order valence-corrected chi connectivity index (χ0v) is 18.8. The minimum absolute atomic E-state index is 0.0251. The first-order chi connectivity index (χ1) is 15.3.